The monoisotopic (exact) mass is 682 g/mol. The molecule has 0 radical (unpaired) electrons. The Morgan fingerprint density at radius 1 is 1.00 bits per heavy atom. The summed E-state index contributed by atoms with van der Waals surface area (Å²) in [7, 11) is 0. The van der Waals surface area contributed by atoms with Crippen LogP contribution in [0.4, 0.5) is 11.4 Å². The smallest absolute Gasteiger partial charge is 0.309 e. The number of carboxylic acid groups (broad SMARTS) is 1. The third-order valence-electron chi connectivity index (χ3n) is 9.43. The van der Waals surface area contributed by atoms with Crippen LogP contribution in [0.25, 0.3) is 10.8 Å². The quantitative estimate of drug-likeness (QED) is 0.0797. The number of rotatable bonds is 16. The van der Waals surface area contributed by atoms with Gasteiger partial charge in [0.05, 0.1) is 30.0 Å². The van der Waals surface area contributed by atoms with Gasteiger partial charge in [0.1, 0.15) is 5.69 Å². The maximum Gasteiger partial charge on any atom is 0.309 e. The minimum atomic E-state index is -0.799. The first kappa shape index (κ1) is 40.3. The highest BCUT2D eigenvalue weighted by Gasteiger charge is 2.30. The molecule has 4 N–H and O–H groups in total. The average Bonchev–Trinajstić information content (AvgIpc) is 3.52. The molecule has 3 aromatic carbocycles. The zero-order chi connectivity index (χ0) is 37.3. The van der Waals surface area contributed by atoms with Gasteiger partial charge < -0.3 is 15.7 Å². The lowest BCUT2D eigenvalue weighted by atomic mass is 9.75. The van der Waals surface area contributed by atoms with E-state index in [1.54, 1.807) is 0 Å². The lowest BCUT2D eigenvalue weighted by molar-refractivity contribution is -0.571. The van der Waals surface area contributed by atoms with Gasteiger partial charge in [-0.1, -0.05) is 112 Å². The topological polar surface area (TPSA) is 89.7 Å². The van der Waals surface area contributed by atoms with Gasteiger partial charge in [0.2, 0.25) is 0 Å². The van der Waals surface area contributed by atoms with Gasteiger partial charge >= 0.3 is 5.97 Å². The van der Waals surface area contributed by atoms with E-state index < -0.39 is 11.4 Å². The van der Waals surface area contributed by atoms with Crippen molar-refractivity contribution in [3.05, 3.63) is 132 Å². The van der Waals surface area contributed by atoms with Crippen molar-refractivity contribution in [1.29, 1.82) is 5.26 Å². The van der Waals surface area contributed by atoms with Crippen LogP contribution >= 0.6 is 0 Å². The number of hydrogen-bond acceptors (Lipinski definition) is 3. The van der Waals surface area contributed by atoms with Gasteiger partial charge in [-0.25, -0.2) is 0 Å². The second-order valence-electron chi connectivity index (χ2n) is 13.3. The van der Waals surface area contributed by atoms with E-state index in [9.17, 15) is 10.1 Å². The second kappa shape index (κ2) is 19.9. The van der Waals surface area contributed by atoms with Gasteiger partial charge in [0, 0.05) is 28.8 Å². The highest BCUT2D eigenvalue weighted by molar-refractivity contribution is 5.92. The first-order chi connectivity index (χ1) is 24.7. The number of allylic oxidation sites excluding steroid dienone is 8. The number of para-hydroxylation sites is 1. The van der Waals surface area contributed by atoms with Crippen molar-refractivity contribution < 1.29 is 15.2 Å². The number of aliphatic carboxylic acids is 1. The predicted octanol–water partition coefficient (Wildman–Crippen LogP) is 10.2. The van der Waals surface area contributed by atoms with E-state index in [2.05, 4.69) is 118 Å². The molecule has 0 heterocycles. The first-order valence-corrected chi connectivity index (χ1v) is 18.3. The number of nitrogens with two attached hydrogens (primary N) is 1. The van der Waals surface area contributed by atoms with E-state index >= 15 is 0 Å². The Balaban J connectivity index is 0.00000345. The molecule has 5 nitrogen and oxygen atoms in total. The molecule has 51 heavy (non-hydrogen) atoms. The molecule has 4 rings (SSSR count). The number of anilines is 1. The standard InChI is InChI=1S/C44H49N3O2.C2H6/c1-6-26-43(4,38-19-11-12-20-39(38)47-31-25-41(48)49)28-13-16-34-21-22-35(37(34)32-45)17-14-29-44(5,27-7-2)42-36-18-10-9-15-33(36)23-24-40(42)46-30-8-3;1-2/h6-7,9-13,15-20,23-24,46-47H,1-2,8,21-22,25-28,30-31H2,3-5H3,(H,48,49);1-2H3/p+1/b16-13+,35-17+;. The molecular formula is C46H56N3O2+. The van der Waals surface area contributed by atoms with Crippen molar-refractivity contribution in [2.45, 2.75) is 90.4 Å². The molecular weight excluding hydrogens is 627 g/mol. The maximum atomic E-state index is 11.1. The number of nitrogens with one attached hydrogen (secondary N) is 1. The highest BCUT2D eigenvalue weighted by Crippen LogP contribution is 2.40. The summed E-state index contributed by atoms with van der Waals surface area (Å²) in [5.74, 6) is 6.18. The van der Waals surface area contributed by atoms with Gasteiger partial charge in [-0.2, -0.15) is 5.26 Å². The van der Waals surface area contributed by atoms with Gasteiger partial charge in [-0.05, 0) is 85.6 Å². The molecule has 3 aromatic rings. The number of nitrogens with zero attached hydrogens (tertiary/aromatic N) is 1. The summed E-state index contributed by atoms with van der Waals surface area (Å²) in [5, 5.41) is 27.4. The van der Waals surface area contributed by atoms with Crippen LogP contribution in [0.2, 0.25) is 0 Å². The summed E-state index contributed by atoms with van der Waals surface area (Å²) in [4.78, 5) is 11.1. The van der Waals surface area contributed by atoms with Crippen molar-refractivity contribution >= 4 is 28.1 Å². The molecule has 0 saturated carbocycles. The van der Waals surface area contributed by atoms with Crippen LogP contribution in [0.5, 0.6) is 0 Å². The van der Waals surface area contributed by atoms with Gasteiger partial charge in [-0.15, -0.1) is 13.2 Å². The molecule has 5 heteroatoms. The molecule has 1 aliphatic carbocycles. The Hall–Kier alpha value is -5.10. The van der Waals surface area contributed by atoms with Crippen molar-refractivity contribution in [2.24, 2.45) is 0 Å². The number of carbonyl (C=O) groups is 1. The van der Waals surface area contributed by atoms with Crippen molar-refractivity contribution in [2.75, 3.05) is 18.4 Å². The second-order valence-corrected chi connectivity index (χ2v) is 13.3. The van der Waals surface area contributed by atoms with E-state index in [-0.39, 0.29) is 11.8 Å². The lowest BCUT2D eigenvalue weighted by Gasteiger charge is -2.29. The molecule has 2 atom stereocenters. The summed E-state index contributed by atoms with van der Waals surface area (Å²) in [6.07, 6.45) is 15.0. The fraction of sp³-hybridized carbons (Fsp3) is 0.348. The van der Waals surface area contributed by atoms with Crippen molar-refractivity contribution in [1.82, 2.24) is 0 Å². The molecule has 266 valence electrons. The van der Waals surface area contributed by atoms with Crippen LogP contribution in [0.15, 0.2) is 121 Å². The SMILES string of the molecule is C=CCC(C)(C#C/C=C1\CCC(/C=C/CC(C)(CC=C)c2ccccc2[NH2+]CCC(=O)O)=C1C#N)c1c(NCCC)ccc2ccccc12.CC. The lowest BCUT2D eigenvalue weighted by Crippen LogP contribution is -2.79. The molecule has 0 bridgehead atoms. The minimum Gasteiger partial charge on any atom is -0.481 e. The Morgan fingerprint density at radius 3 is 2.43 bits per heavy atom. The van der Waals surface area contributed by atoms with Crippen molar-refractivity contribution in [3.63, 3.8) is 0 Å². The van der Waals surface area contributed by atoms with Crippen LogP contribution in [0.3, 0.4) is 0 Å². The molecule has 2 unspecified atom stereocenters. The van der Waals surface area contributed by atoms with E-state index in [1.165, 1.54) is 21.9 Å². The van der Waals surface area contributed by atoms with Crippen LogP contribution in [-0.4, -0.2) is 24.2 Å². The Labute approximate surface area is 306 Å². The largest absolute Gasteiger partial charge is 0.481 e. The average molecular weight is 683 g/mol. The normalized spacial score (nSPS) is 15.6. The zero-order valence-corrected chi connectivity index (χ0v) is 31.3. The van der Waals surface area contributed by atoms with Crippen LogP contribution in [0, 0.1) is 23.2 Å². The third kappa shape index (κ3) is 10.5. The summed E-state index contributed by atoms with van der Waals surface area (Å²) >= 11 is 0. The van der Waals surface area contributed by atoms with Crippen molar-refractivity contribution in [3.8, 4) is 17.9 Å². The Kier molecular flexibility index (Phi) is 15.8. The summed E-state index contributed by atoms with van der Waals surface area (Å²) in [6.45, 7) is 20.0. The Bertz CT molecular complexity index is 1880. The Morgan fingerprint density at radius 2 is 1.73 bits per heavy atom. The molecule has 0 fully saturated rings. The van der Waals surface area contributed by atoms with Gasteiger partial charge in [0.25, 0.3) is 0 Å². The maximum absolute atomic E-state index is 11.1. The molecule has 0 aliphatic heterocycles. The summed E-state index contributed by atoms with van der Waals surface area (Å²) in [6, 6.07) is 23.5. The molecule has 0 aromatic heterocycles. The summed E-state index contributed by atoms with van der Waals surface area (Å²) in [5.41, 5.74) is 6.52. The first-order valence-electron chi connectivity index (χ1n) is 18.3. The fourth-order valence-electron chi connectivity index (χ4n) is 6.90. The van der Waals surface area contributed by atoms with Crippen LogP contribution < -0.4 is 10.6 Å². The van der Waals surface area contributed by atoms with E-state index in [0.717, 1.165) is 61.2 Å². The zero-order valence-electron chi connectivity index (χ0n) is 31.3. The fourth-order valence-corrected chi connectivity index (χ4v) is 6.90. The van der Waals surface area contributed by atoms with E-state index in [0.29, 0.717) is 18.5 Å². The highest BCUT2D eigenvalue weighted by atomic mass is 16.4. The van der Waals surface area contributed by atoms with E-state index in [4.69, 9.17) is 5.11 Å². The van der Waals surface area contributed by atoms with E-state index in [1.807, 2.05) is 49.5 Å². The number of benzene rings is 3. The molecule has 0 saturated heterocycles. The number of carboxylic acids is 1. The summed E-state index contributed by atoms with van der Waals surface area (Å²) < 4.78 is 0. The number of hydrogen-bond donors (Lipinski definition) is 3. The molecule has 1 aliphatic rings. The molecule has 0 amide bonds. The predicted molar refractivity (Wildman–Crippen MR) is 215 cm³/mol. The minimum absolute atomic E-state index is 0.103. The van der Waals surface area contributed by atoms with Crippen LogP contribution in [-0.2, 0) is 15.6 Å². The number of quaternary nitrogens is 1. The van der Waals surface area contributed by atoms with Gasteiger partial charge in [-0.3, -0.25) is 4.79 Å². The number of nitriles is 1. The van der Waals surface area contributed by atoms with Crippen LogP contribution in [0.1, 0.15) is 90.7 Å². The number of fused-ring (bicyclic) bond motifs is 1. The van der Waals surface area contributed by atoms with Gasteiger partial charge in [0.15, 0.2) is 0 Å². The molecule has 0 spiro atoms. The third-order valence-corrected chi connectivity index (χ3v) is 9.43.